The lowest BCUT2D eigenvalue weighted by Crippen LogP contribution is -2.40. The van der Waals surface area contributed by atoms with Gasteiger partial charge >= 0.3 is 0 Å². The summed E-state index contributed by atoms with van der Waals surface area (Å²) in [5.41, 5.74) is 0. The number of aliphatic hydroxyl groups is 1. The van der Waals surface area contributed by atoms with Crippen molar-refractivity contribution in [2.75, 3.05) is 33.7 Å². The summed E-state index contributed by atoms with van der Waals surface area (Å²) in [4.78, 5) is 16.0. The van der Waals surface area contributed by atoms with Crippen LogP contribution >= 0.6 is 0 Å². The minimum Gasteiger partial charge on any atom is -0.392 e. The summed E-state index contributed by atoms with van der Waals surface area (Å²) in [6.07, 6.45) is 1.07. The Morgan fingerprint density at radius 1 is 1.50 bits per heavy atom. The van der Waals surface area contributed by atoms with E-state index < -0.39 is 0 Å². The van der Waals surface area contributed by atoms with Crippen molar-refractivity contribution in [2.45, 2.75) is 44.9 Å². The molecule has 0 aromatic rings. The van der Waals surface area contributed by atoms with Crippen molar-refractivity contribution in [1.29, 1.82) is 0 Å². The van der Waals surface area contributed by atoms with Gasteiger partial charge in [0.25, 0.3) is 0 Å². The molecule has 1 amide bonds. The smallest absolute Gasteiger partial charge is 0.221 e. The zero-order valence-electron chi connectivity index (χ0n) is 12.0. The summed E-state index contributed by atoms with van der Waals surface area (Å²) < 4.78 is 0. The number of nitrogens with zero attached hydrogens (tertiary/aromatic N) is 2. The maximum absolute atomic E-state index is 11.6. The van der Waals surface area contributed by atoms with Crippen LogP contribution in [0.5, 0.6) is 0 Å². The molecule has 1 saturated heterocycles. The number of β-amino-alcohol motifs (C(OH)–C–C–N with tert-alkyl or cyclic N) is 1. The highest BCUT2D eigenvalue weighted by Crippen LogP contribution is 2.18. The van der Waals surface area contributed by atoms with Crippen LogP contribution in [0.4, 0.5) is 0 Å². The van der Waals surface area contributed by atoms with Crippen LogP contribution in [-0.4, -0.2) is 72.7 Å². The molecule has 1 aliphatic rings. The summed E-state index contributed by atoms with van der Waals surface area (Å²) in [5, 5.41) is 12.6. The molecule has 106 valence electrons. The lowest BCUT2D eigenvalue weighted by molar-refractivity contribution is -0.122. The molecule has 0 bridgehead atoms. The van der Waals surface area contributed by atoms with Crippen LogP contribution in [0.3, 0.4) is 0 Å². The van der Waals surface area contributed by atoms with E-state index in [9.17, 15) is 9.90 Å². The molecule has 5 heteroatoms. The van der Waals surface area contributed by atoms with Crippen molar-refractivity contribution in [2.24, 2.45) is 0 Å². The molecule has 2 atom stereocenters. The summed E-state index contributed by atoms with van der Waals surface area (Å²) >= 11 is 0. The Hall–Kier alpha value is -0.650. The van der Waals surface area contributed by atoms with Crippen LogP contribution < -0.4 is 5.32 Å². The number of likely N-dealkylation sites (tertiary alicyclic amines) is 1. The second-order valence-corrected chi connectivity index (χ2v) is 5.77. The maximum atomic E-state index is 11.6. The number of carbonyl (C=O) groups is 1. The zero-order valence-corrected chi connectivity index (χ0v) is 12.0. The summed E-state index contributed by atoms with van der Waals surface area (Å²) in [7, 11) is 4.07. The average molecular weight is 257 g/mol. The van der Waals surface area contributed by atoms with E-state index in [0.717, 1.165) is 19.5 Å². The number of nitrogens with one attached hydrogen (secondary N) is 1. The van der Waals surface area contributed by atoms with E-state index in [-0.39, 0.29) is 18.1 Å². The van der Waals surface area contributed by atoms with Crippen molar-refractivity contribution in [3.8, 4) is 0 Å². The maximum Gasteiger partial charge on any atom is 0.221 e. The Kier molecular flexibility index (Phi) is 6.05. The predicted octanol–water partition coefficient (Wildman–Crippen LogP) is -0.102. The standard InChI is InChI=1S/C13H27N3O2/c1-10(2)14-13(18)5-6-16-9-12(17)7-11(16)8-15(3)4/h10-12,17H,5-9H2,1-4H3,(H,14,18). The summed E-state index contributed by atoms with van der Waals surface area (Å²) in [5.74, 6) is 0.0926. The number of amides is 1. The van der Waals surface area contributed by atoms with Crippen molar-refractivity contribution in [3.05, 3.63) is 0 Å². The highest BCUT2D eigenvalue weighted by molar-refractivity contribution is 5.76. The number of hydrogen-bond acceptors (Lipinski definition) is 4. The molecule has 0 saturated carbocycles. The Labute approximate surface area is 110 Å². The first kappa shape index (κ1) is 15.4. The number of likely N-dealkylation sites (N-methyl/N-ethyl adjacent to an activating group) is 1. The van der Waals surface area contributed by atoms with Gasteiger partial charge in [-0.2, -0.15) is 0 Å². The van der Waals surface area contributed by atoms with Gasteiger partial charge < -0.3 is 15.3 Å². The van der Waals surface area contributed by atoms with E-state index in [1.807, 2.05) is 27.9 Å². The number of aliphatic hydroxyl groups excluding tert-OH is 1. The minimum atomic E-state index is -0.247. The Morgan fingerprint density at radius 3 is 2.72 bits per heavy atom. The fourth-order valence-corrected chi connectivity index (χ4v) is 2.48. The van der Waals surface area contributed by atoms with Crippen LogP contribution in [-0.2, 0) is 4.79 Å². The van der Waals surface area contributed by atoms with Gasteiger partial charge in [-0.15, -0.1) is 0 Å². The lowest BCUT2D eigenvalue weighted by atomic mass is 10.2. The molecule has 0 radical (unpaired) electrons. The van der Waals surface area contributed by atoms with Gasteiger partial charge in [0.05, 0.1) is 6.10 Å². The zero-order chi connectivity index (χ0) is 13.7. The summed E-state index contributed by atoms with van der Waals surface area (Å²) in [6, 6.07) is 0.557. The first-order chi connectivity index (χ1) is 8.38. The Morgan fingerprint density at radius 2 is 2.17 bits per heavy atom. The van der Waals surface area contributed by atoms with E-state index in [1.54, 1.807) is 0 Å². The van der Waals surface area contributed by atoms with Crippen molar-refractivity contribution in [1.82, 2.24) is 15.1 Å². The van der Waals surface area contributed by atoms with Gasteiger partial charge in [-0.1, -0.05) is 0 Å². The van der Waals surface area contributed by atoms with Gasteiger partial charge in [-0.25, -0.2) is 0 Å². The molecule has 1 rings (SSSR count). The Bertz CT molecular complexity index is 269. The van der Waals surface area contributed by atoms with Crippen molar-refractivity contribution < 1.29 is 9.90 Å². The largest absolute Gasteiger partial charge is 0.392 e. The van der Waals surface area contributed by atoms with E-state index in [0.29, 0.717) is 19.0 Å². The van der Waals surface area contributed by atoms with Crippen LogP contribution in [0.15, 0.2) is 0 Å². The SMILES string of the molecule is CC(C)NC(=O)CCN1CC(O)CC1CN(C)C. The molecule has 0 aromatic carbocycles. The normalized spacial score (nSPS) is 25.1. The average Bonchev–Trinajstić information content (AvgIpc) is 2.53. The first-order valence-corrected chi connectivity index (χ1v) is 6.74. The van der Waals surface area contributed by atoms with E-state index in [4.69, 9.17) is 0 Å². The van der Waals surface area contributed by atoms with Crippen LogP contribution in [0.2, 0.25) is 0 Å². The highest BCUT2D eigenvalue weighted by Gasteiger charge is 2.30. The number of carbonyl (C=O) groups excluding carboxylic acids is 1. The third-order valence-corrected chi connectivity index (χ3v) is 3.16. The molecule has 0 spiro atoms. The van der Waals surface area contributed by atoms with Crippen LogP contribution in [0, 0.1) is 0 Å². The Balaban J connectivity index is 2.37. The molecular weight excluding hydrogens is 230 g/mol. The first-order valence-electron chi connectivity index (χ1n) is 6.74. The van der Waals surface area contributed by atoms with Gasteiger partial charge in [0.1, 0.15) is 0 Å². The number of hydrogen-bond donors (Lipinski definition) is 2. The lowest BCUT2D eigenvalue weighted by Gasteiger charge is -2.26. The summed E-state index contributed by atoms with van der Waals surface area (Å²) in [6.45, 7) is 6.28. The fourth-order valence-electron chi connectivity index (χ4n) is 2.48. The highest BCUT2D eigenvalue weighted by atomic mass is 16.3. The molecule has 0 aromatic heterocycles. The third-order valence-electron chi connectivity index (χ3n) is 3.16. The third kappa shape index (κ3) is 5.33. The molecule has 2 unspecified atom stereocenters. The molecule has 5 nitrogen and oxygen atoms in total. The van der Waals surface area contributed by atoms with E-state index in [1.165, 1.54) is 0 Å². The van der Waals surface area contributed by atoms with Crippen molar-refractivity contribution >= 4 is 5.91 Å². The minimum absolute atomic E-state index is 0.0926. The van der Waals surface area contributed by atoms with E-state index >= 15 is 0 Å². The second kappa shape index (κ2) is 7.07. The molecule has 1 heterocycles. The van der Waals surface area contributed by atoms with Gasteiger partial charge in [0, 0.05) is 38.1 Å². The van der Waals surface area contributed by atoms with Crippen LogP contribution in [0.1, 0.15) is 26.7 Å². The second-order valence-electron chi connectivity index (χ2n) is 5.77. The van der Waals surface area contributed by atoms with Crippen LogP contribution in [0.25, 0.3) is 0 Å². The monoisotopic (exact) mass is 257 g/mol. The molecule has 0 aliphatic carbocycles. The fraction of sp³-hybridized carbons (Fsp3) is 0.923. The van der Waals surface area contributed by atoms with Gasteiger partial charge in [0.2, 0.25) is 5.91 Å². The van der Waals surface area contributed by atoms with Gasteiger partial charge in [0.15, 0.2) is 0 Å². The quantitative estimate of drug-likeness (QED) is 0.697. The molecule has 18 heavy (non-hydrogen) atoms. The van der Waals surface area contributed by atoms with E-state index in [2.05, 4.69) is 15.1 Å². The van der Waals surface area contributed by atoms with Gasteiger partial charge in [-0.3, -0.25) is 9.69 Å². The molecule has 1 fully saturated rings. The predicted molar refractivity (Wildman–Crippen MR) is 72.4 cm³/mol. The van der Waals surface area contributed by atoms with Crippen molar-refractivity contribution in [3.63, 3.8) is 0 Å². The molecule has 2 N–H and O–H groups in total. The topological polar surface area (TPSA) is 55.8 Å². The number of rotatable bonds is 6. The molecular formula is C13H27N3O2. The van der Waals surface area contributed by atoms with Gasteiger partial charge in [-0.05, 0) is 34.4 Å². The molecule has 1 aliphatic heterocycles.